The number of hydrogen-bond acceptors (Lipinski definition) is 4. The second-order valence-electron chi connectivity index (χ2n) is 7.86. The molecule has 4 nitrogen and oxygen atoms in total. The van der Waals surface area contributed by atoms with E-state index in [4.69, 9.17) is 4.74 Å². The number of likely N-dealkylation sites (N-methyl/N-ethyl adjacent to an activating group) is 1. The Balaban J connectivity index is 1.99. The molecule has 2 rings (SSSR count). The first-order valence-corrected chi connectivity index (χ1v) is 10.2. The zero-order valence-electron chi connectivity index (χ0n) is 15.9. The molecule has 140 valence electrons. The summed E-state index contributed by atoms with van der Waals surface area (Å²) < 4.78 is 5.77. The molecule has 3 atom stereocenters. The third kappa shape index (κ3) is 4.72. The molecular formula is C20H37NO3. The van der Waals surface area contributed by atoms with Gasteiger partial charge in [0.05, 0.1) is 11.5 Å². The van der Waals surface area contributed by atoms with E-state index < -0.39 is 5.60 Å². The maximum Gasteiger partial charge on any atom is 0.312 e. The number of ether oxygens (including phenoxy) is 1. The van der Waals surface area contributed by atoms with E-state index in [9.17, 15) is 9.90 Å². The molecule has 0 heterocycles. The van der Waals surface area contributed by atoms with Gasteiger partial charge in [0.15, 0.2) is 0 Å². The maximum absolute atomic E-state index is 12.8. The Morgan fingerprint density at radius 3 is 2.38 bits per heavy atom. The summed E-state index contributed by atoms with van der Waals surface area (Å²) in [7, 11) is 0. The van der Waals surface area contributed by atoms with E-state index in [0.717, 1.165) is 58.2 Å². The Hall–Kier alpha value is -0.610. The van der Waals surface area contributed by atoms with Gasteiger partial charge in [0.2, 0.25) is 0 Å². The number of rotatable bonds is 7. The van der Waals surface area contributed by atoms with Gasteiger partial charge in [-0.05, 0) is 51.6 Å². The number of aliphatic hydroxyl groups is 1. The van der Waals surface area contributed by atoms with Crippen LogP contribution in [0.3, 0.4) is 0 Å². The lowest BCUT2D eigenvalue weighted by molar-refractivity contribution is -0.176. The van der Waals surface area contributed by atoms with E-state index in [0.29, 0.717) is 0 Å². The van der Waals surface area contributed by atoms with Crippen LogP contribution >= 0.6 is 0 Å². The smallest absolute Gasteiger partial charge is 0.312 e. The number of carbonyl (C=O) groups is 1. The third-order valence-electron chi connectivity index (χ3n) is 6.25. The largest absolute Gasteiger partial charge is 0.461 e. The molecule has 2 aliphatic rings. The summed E-state index contributed by atoms with van der Waals surface area (Å²) in [6, 6.07) is 0. The lowest BCUT2D eigenvalue weighted by atomic mass is 9.64. The monoisotopic (exact) mass is 339 g/mol. The van der Waals surface area contributed by atoms with Crippen molar-refractivity contribution in [2.24, 2.45) is 11.8 Å². The Morgan fingerprint density at radius 2 is 1.75 bits per heavy atom. The second kappa shape index (κ2) is 9.19. The van der Waals surface area contributed by atoms with E-state index >= 15 is 0 Å². The van der Waals surface area contributed by atoms with Gasteiger partial charge in [0, 0.05) is 6.54 Å². The SMILES string of the molecule is CCN(CC)CC(C)OC(=O)C1CCCCC1(O)C1CCCCC1. The van der Waals surface area contributed by atoms with Crippen molar-refractivity contribution in [1.29, 1.82) is 0 Å². The van der Waals surface area contributed by atoms with Gasteiger partial charge in [0.25, 0.3) is 0 Å². The summed E-state index contributed by atoms with van der Waals surface area (Å²) in [4.78, 5) is 15.1. The van der Waals surface area contributed by atoms with E-state index in [1.807, 2.05) is 6.92 Å². The minimum Gasteiger partial charge on any atom is -0.461 e. The van der Waals surface area contributed by atoms with Crippen molar-refractivity contribution in [1.82, 2.24) is 4.90 Å². The van der Waals surface area contributed by atoms with Crippen molar-refractivity contribution in [2.45, 2.75) is 90.3 Å². The maximum atomic E-state index is 12.8. The van der Waals surface area contributed by atoms with Crippen molar-refractivity contribution in [3.63, 3.8) is 0 Å². The molecule has 4 heteroatoms. The molecule has 0 bridgehead atoms. The minimum absolute atomic E-state index is 0.116. The van der Waals surface area contributed by atoms with Crippen molar-refractivity contribution in [3.8, 4) is 0 Å². The van der Waals surface area contributed by atoms with Gasteiger partial charge in [-0.3, -0.25) is 4.79 Å². The van der Waals surface area contributed by atoms with Crippen LogP contribution in [0.2, 0.25) is 0 Å². The van der Waals surface area contributed by atoms with E-state index in [1.165, 1.54) is 19.3 Å². The molecule has 2 aliphatic carbocycles. The van der Waals surface area contributed by atoms with Gasteiger partial charge in [0.1, 0.15) is 6.10 Å². The zero-order valence-corrected chi connectivity index (χ0v) is 15.9. The fourth-order valence-corrected chi connectivity index (χ4v) is 4.76. The number of carbonyl (C=O) groups excluding carboxylic acids is 1. The van der Waals surface area contributed by atoms with E-state index in [2.05, 4.69) is 18.7 Å². The Labute approximate surface area is 147 Å². The van der Waals surface area contributed by atoms with Gasteiger partial charge in [-0.1, -0.05) is 46.0 Å². The number of hydrogen-bond donors (Lipinski definition) is 1. The normalized spacial score (nSPS) is 30.3. The Bertz CT molecular complexity index is 390. The first kappa shape index (κ1) is 19.7. The van der Waals surface area contributed by atoms with Crippen LogP contribution in [-0.4, -0.2) is 47.3 Å². The minimum atomic E-state index is -0.829. The van der Waals surface area contributed by atoms with Crippen LogP contribution < -0.4 is 0 Å². The molecule has 24 heavy (non-hydrogen) atoms. The molecule has 0 saturated heterocycles. The van der Waals surface area contributed by atoms with Crippen LogP contribution in [0.4, 0.5) is 0 Å². The van der Waals surface area contributed by atoms with Gasteiger partial charge >= 0.3 is 5.97 Å². The first-order valence-electron chi connectivity index (χ1n) is 10.2. The van der Waals surface area contributed by atoms with Crippen LogP contribution in [0, 0.1) is 11.8 Å². The van der Waals surface area contributed by atoms with Crippen LogP contribution in [0.15, 0.2) is 0 Å². The Morgan fingerprint density at radius 1 is 1.12 bits per heavy atom. The molecule has 0 amide bonds. The van der Waals surface area contributed by atoms with Crippen molar-refractivity contribution in [3.05, 3.63) is 0 Å². The van der Waals surface area contributed by atoms with E-state index in [1.54, 1.807) is 0 Å². The van der Waals surface area contributed by atoms with Gasteiger partial charge in [-0.2, -0.15) is 0 Å². The molecule has 2 fully saturated rings. The highest BCUT2D eigenvalue weighted by Crippen LogP contribution is 2.45. The van der Waals surface area contributed by atoms with Crippen molar-refractivity contribution >= 4 is 5.97 Å². The van der Waals surface area contributed by atoms with Crippen LogP contribution in [0.1, 0.15) is 78.6 Å². The lowest BCUT2D eigenvalue weighted by Crippen LogP contribution is -2.52. The summed E-state index contributed by atoms with van der Waals surface area (Å²) in [5.41, 5.74) is -0.829. The molecule has 0 aromatic carbocycles. The predicted octanol–water partition coefficient (Wildman–Crippen LogP) is 3.76. The molecule has 1 N–H and O–H groups in total. The first-order chi connectivity index (χ1) is 11.5. The van der Waals surface area contributed by atoms with E-state index in [-0.39, 0.29) is 23.9 Å². The Kier molecular flexibility index (Phi) is 7.55. The predicted molar refractivity (Wildman–Crippen MR) is 96.8 cm³/mol. The number of nitrogens with zero attached hydrogens (tertiary/aromatic N) is 1. The van der Waals surface area contributed by atoms with Gasteiger partial charge < -0.3 is 14.7 Å². The summed E-state index contributed by atoms with van der Waals surface area (Å²) in [6.07, 6.45) is 9.26. The highest BCUT2D eigenvalue weighted by Gasteiger charge is 2.49. The number of esters is 1. The molecule has 0 spiro atoms. The summed E-state index contributed by atoms with van der Waals surface area (Å²) in [5.74, 6) is -0.210. The molecule has 0 radical (unpaired) electrons. The average Bonchev–Trinajstić information content (AvgIpc) is 2.60. The standard InChI is InChI=1S/C20H37NO3/c1-4-21(5-2)15-16(3)24-19(22)18-13-9-10-14-20(18,23)17-11-7-6-8-12-17/h16-18,23H,4-15H2,1-3H3. The summed E-state index contributed by atoms with van der Waals surface area (Å²) in [5, 5.41) is 11.4. The highest BCUT2D eigenvalue weighted by atomic mass is 16.5. The second-order valence-corrected chi connectivity index (χ2v) is 7.86. The molecule has 0 aromatic rings. The topological polar surface area (TPSA) is 49.8 Å². The molecule has 2 saturated carbocycles. The zero-order chi connectivity index (χ0) is 17.6. The third-order valence-corrected chi connectivity index (χ3v) is 6.25. The van der Waals surface area contributed by atoms with Crippen molar-refractivity contribution in [2.75, 3.05) is 19.6 Å². The quantitative estimate of drug-likeness (QED) is 0.718. The van der Waals surface area contributed by atoms with Crippen LogP contribution in [0.5, 0.6) is 0 Å². The fourth-order valence-electron chi connectivity index (χ4n) is 4.76. The van der Waals surface area contributed by atoms with Gasteiger partial charge in [-0.25, -0.2) is 0 Å². The molecule has 0 aliphatic heterocycles. The molecular weight excluding hydrogens is 302 g/mol. The summed E-state index contributed by atoms with van der Waals surface area (Å²) >= 11 is 0. The fraction of sp³-hybridized carbons (Fsp3) is 0.950. The lowest BCUT2D eigenvalue weighted by Gasteiger charge is -2.45. The highest BCUT2D eigenvalue weighted by molar-refractivity contribution is 5.74. The molecule has 3 unspecified atom stereocenters. The average molecular weight is 340 g/mol. The summed E-state index contributed by atoms with van der Waals surface area (Å²) in [6.45, 7) is 8.93. The van der Waals surface area contributed by atoms with Gasteiger partial charge in [-0.15, -0.1) is 0 Å². The van der Waals surface area contributed by atoms with Crippen LogP contribution in [-0.2, 0) is 9.53 Å². The van der Waals surface area contributed by atoms with Crippen LogP contribution in [0.25, 0.3) is 0 Å². The van der Waals surface area contributed by atoms with Crippen molar-refractivity contribution < 1.29 is 14.6 Å². The molecule has 0 aromatic heterocycles.